The van der Waals surface area contributed by atoms with Crippen molar-refractivity contribution in [2.45, 2.75) is 39.7 Å². The van der Waals surface area contributed by atoms with E-state index in [9.17, 15) is 5.11 Å². The molecule has 0 spiro atoms. The Hall–Kier alpha value is -0.580. The quantitative estimate of drug-likeness (QED) is 0.666. The van der Waals surface area contributed by atoms with Gasteiger partial charge < -0.3 is 15.2 Å². The summed E-state index contributed by atoms with van der Waals surface area (Å²) >= 11 is 3.51. The highest BCUT2D eigenvalue weighted by atomic mass is 79.9. The molecule has 0 aliphatic carbocycles. The molecule has 2 N–H and O–H groups in total. The summed E-state index contributed by atoms with van der Waals surface area (Å²) in [5.41, 5.74) is 2.20. The first-order valence-electron chi connectivity index (χ1n) is 7.25. The molecule has 3 nitrogen and oxygen atoms in total. The molecule has 114 valence electrons. The average Bonchev–Trinajstić information content (AvgIpc) is 2.37. The fourth-order valence-electron chi connectivity index (χ4n) is 1.86. The monoisotopic (exact) mass is 343 g/mol. The second-order valence-corrected chi connectivity index (χ2v) is 6.48. The summed E-state index contributed by atoms with van der Waals surface area (Å²) in [6.07, 6.45) is 1.74. The molecular weight excluding hydrogens is 318 g/mol. The summed E-state index contributed by atoms with van der Waals surface area (Å²) in [6, 6.07) is 6.11. The Kier molecular flexibility index (Phi) is 8.19. The van der Waals surface area contributed by atoms with Crippen LogP contribution >= 0.6 is 15.9 Å². The van der Waals surface area contributed by atoms with Gasteiger partial charge in [-0.05, 0) is 59.3 Å². The number of anilines is 1. The van der Waals surface area contributed by atoms with Gasteiger partial charge in [0.2, 0.25) is 0 Å². The van der Waals surface area contributed by atoms with Crippen molar-refractivity contribution in [3.8, 4) is 0 Å². The third kappa shape index (κ3) is 7.27. The lowest BCUT2D eigenvalue weighted by Gasteiger charge is -2.14. The van der Waals surface area contributed by atoms with Crippen LogP contribution in [0.1, 0.15) is 32.3 Å². The molecule has 0 radical (unpaired) electrons. The van der Waals surface area contributed by atoms with E-state index in [1.807, 2.05) is 19.1 Å². The molecule has 0 aromatic heterocycles. The molecule has 0 saturated heterocycles. The Labute approximate surface area is 130 Å². The summed E-state index contributed by atoms with van der Waals surface area (Å²) in [5, 5.41) is 13.1. The highest BCUT2D eigenvalue weighted by molar-refractivity contribution is 9.10. The van der Waals surface area contributed by atoms with E-state index >= 15 is 0 Å². The van der Waals surface area contributed by atoms with Crippen LogP contribution in [0.5, 0.6) is 0 Å². The molecule has 1 aromatic rings. The van der Waals surface area contributed by atoms with Crippen molar-refractivity contribution in [1.82, 2.24) is 0 Å². The van der Waals surface area contributed by atoms with Gasteiger partial charge in [-0.2, -0.15) is 0 Å². The number of nitrogens with one attached hydrogen (secondary N) is 1. The number of ether oxygens (including phenoxy) is 1. The van der Waals surface area contributed by atoms with Gasteiger partial charge >= 0.3 is 0 Å². The van der Waals surface area contributed by atoms with Crippen LogP contribution in [0.15, 0.2) is 22.7 Å². The van der Waals surface area contributed by atoms with E-state index in [1.165, 1.54) is 12.0 Å². The third-order valence-corrected chi connectivity index (χ3v) is 3.69. The molecule has 1 unspecified atom stereocenters. The van der Waals surface area contributed by atoms with Gasteiger partial charge in [0, 0.05) is 23.3 Å². The molecule has 0 saturated carbocycles. The molecule has 1 rings (SSSR count). The minimum Gasteiger partial charge on any atom is -0.389 e. The summed E-state index contributed by atoms with van der Waals surface area (Å²) in [5.74, 6) is 0.712. The topological polar surface area (TPSA) is 41.5 Å². The number of rotatable bonds is 9. The summed E-state index contributed by atoms with van der Waals surface area (Å²) < 4.78 is 6.50. The smallest absolute Gasteiger partial charge is 0.0945 e. The first-order valence-corrected chi connectivity index (χ1v) is 8.04. The van der Waals surface area contributed by atoms with Gasteiger partial charge in [0.25, 0.3) is 0 Å². The van der Waals surface area contributed by atoms with Crippen LogP contribution in [0.4, 0.5) is 5.69 Å². The SMILES string of the molecule is Cc1ccc(NCC(O)COCCCC(C)C)c(Br)c1. The number of aliphatic hydroxyl groups is 1. The van der Waals surface area contributed by atoms with Gasteiger partial charge in [0.1, 0.15) is 0 Å². The van der Waals surface area contributed by atoms with Gasteiger partial charge in [-0.15, -0.1) is 0 Å². The Morgan fingerprint density at radius 2 is 2.10 bits per heavy atom. The Morgan fingerprint density at radius 3 is 2.75 bits per heavy atom. The van der Waals surface area contributed by atoms with E-state index in [1.54, 1.807) is 0 Å². The van der Waals surface area contributed by atoms with Crippen molar-refractivity contribution in [3.05, 3.63) is 28.2 Å². The molecule has 0 bridgehead atoms. The van der Waals surface area contributed by atoms with Crippen molar-refractivity contribution >= 4 is 21.6 Å². The molecule has 0 aliphatic heterocycles. The highest BCUT2D eigenvalue weighted by Gasteiger charge is 2.06. The summed E-state index contributed by atoms with van der Waals surface area (Å²) in [6.45, 7) is 8.06. The Bertz CT molecular complexity index is 396. The van der Waals surface area contributed by atoms with E-state index < -0.39 is 6.10 Å². The van der Waals surface area contributed by atoms with Crippen LogP contribution in [0.2, 0.25) is 0 Å². The number of hydrogen-bond acceptors (Lipinski definition) is 3. The maximum absolute atomic E-state index is 9.86. The van der Waals surface area contributed by atoms with Crippen molar-refractivity contribution in [2.24, 2.45) is 5.92 Å². The molecule has 0 heterocycles. The predicted octanol–water partition coefficient (Wildman–Crippen LogP) is 3.98. The largest absolute Gasteiger partial charge is 0.389 e. The van der Waals surface area contributed by atoms with E-state index in [-0.39, 0.29) is 0 Å². The zero-order chi connectivity index (χ0) is 15.0. The number of benzene rings is 1. The fraction of sp³-hybridized carbons (Fsp3) is 0.625. The standard InChI is InChI=1S/C16H26BrNO2/c1-12(2)5-4-8-20-11-14(19)10-18-16-7-6-13(3)9-15(16)17/h6-7,9,12,14,18-19H,4-5,8,10-11H2,1-3H3. The number of halogens is 1. The van der Waals surface area contributed by atoms with Crippen molar-refractivity contribution in [1.29, 1.82) is 0 Å². The van der Waals surface area contributed by atoms with Crippen LogP contribution in [0.25, 0.3) is 0 Å². The Balaban J connectivity index is 2.18. The van der Waals surface area contributed by atoms with Crippen LogP contribution in [-0.4, -0.2) is 31.0 Å². The minimum atomic E-state index is -0.484. The normalized spacial score (nSPS) is 12.7. The lowest BCUT2D eigenvalue weighted by Crippen LogP contribution is -2.25. The summed E-state index contributed by atoms with van der Waals surface area (Å²) in [4.78, 5) is 0. The summed E-state index contributed by atoms with van der Waals surface area (Å²) in [7, 11) is 0. The van der Waals surface area contributed by atoms with E-state index in [0.29, 0.717) is 19.1 Å². The van der Waals surface area contributed by atoms with Crippen LogP contribution in [-0.2, 0) is 4.74 Å². The van der Waals surface area contributed by atoms with E-state index in [4.69, 9.17) is 4.74 Å². The number of aryl methyl sites for hydroxylation is 1. The van der Waals surface area contributed by atoms with Crippen molar-refractivity contribution < 1.29 is 9.84 Å². The van der Waals surface area contributed by atoms with Gasteiger partial charge in [0.05, 0.1) is 12.7 Å². The molecule has 4 heteroatoms. The zero-order valence-electron chi connectivity index (χ0n) is 12.7. The predicted molar refractivity (Wildman–Crippen MR) is 88.3 cm³/mol. The molecule has 0 aliphatic rings. The minimum absolute atomic E-state index is 0.384. The zero-order valence-corrected chi connectivity index (χ0v) is 14.2. The van der Waals surface area contributed by atoms with Gasteiger partial charge in [0.15, 0.2) is 0 Å². The molecule has 20 heavy (non-hydrogen) atoms. The number of hydrogen-bond donors (Lipinski definition) is 2. The average molecular weight is 344 g/mol. The first kappa shape index (κ1) is 17.5. The van der Waals surface area contributed by atoms with Gasteiger partial charge in [-0.1, -0.05) is 19.9 Å². The van der Waals surface area contributed by atoms with Crippen LogP contribution in [0.3, 0.4) is 0 Å². The molecule has 1 atom stereocenters. The molecule has 0 fully saturated rings. The fourth-order valence-corrected chi connectivity index (χ4v) is 2.50. The van der Waals surface area contributed by atoms with Gasteiger partial charge in [-0.3, -0.25) is 0 Å². The van der Waals surface area contributed by atoms with Crippen molar-refractivity contribution in [3.63, 3.8) is 0 Å². The molecular formula is C16H26BrNO2. The molecule has 1 aromatic carbocycles. The second-order valence-electron chi connectivity index (χ2n) is 5.63. The van der Waals surface area contributed by atoms with Crippen LogP contribution < -0.4 is 5.32 Å². The lowest BCUT2D eigenvalue weighted by atomic mass is 10.1. The lowest BCUT2D eigenvalue weighted by molar-refractivity contribution is 0.0409. The first-order chi connectivity index (χ1) is 9.49. The second kappa shape index (κ2) is 9.37. The highest BCUT2D eigenvalue weighted by Crippen LogP contribution is 2.23. The third-order valence-electron chi connectivity index (χ3n) is 3.03. The molecule has 0 amide bonds. The Morgan fingerprint density at radius 1 is 1.35 bits per heavy atom. The number of aliphatic hydroxyl groups excluding tert-OH is 1. The van der Waals surface area contributed by atoms with E-state index in [0.717, 1.165) is 23.2 Å². The van der Waals surface area contributed by atoms with Crippen molar-refractivity contribution in [2.75, 3.05) is 25.1 Å². The van der Waals surface area contributed by atoms with Crippen LogP contribution in [0, 0.1) is 12.8 Å². The van der Waals surface area contributed by atoms with Gasteiger partial charge in [-0.25, -0.2) is 0 Å². The maximum Gasteiger partial charge on any atom is 0.0945 e. The van der Waals surface area contributed by atoms with E-state index in [2.05, 4.69) is 41.2 Å². The maximum atomic E-state index is 9.86.